The minimum atomic E-state index is -3.05. The summed E-state index contributed by atoms with van der Waals surface area (Å²) in [5.41, 5.74) is 0.631. The molecular weight excluding hydrogens is 366 g/mol. The standard InChI is InChI=1S/C16H22BrNO3S/c1-12(2)11-22(20,21)13-7-9-18(10-8-13)16(19)14-5-3-4-6-15(14)17/h3-6,12-13H,7-11H2,1-2H3. The van der Waals surface area contributed by atoms with Crippen LogP contribution in [0, 0.1) is 5.92 Å². The van der Waals surface area contributed by atoms with Gasteiger partial charge in [0, 0.05) is 17.6 Å². The number of carbonyl (C=O) groups excluding carboxylic acids is 1. The van der Waals surface area contributed by atoms with E-state index in [0.29, 0.717) is 31.5 Å². The fourth-order valence-electron chi connectivity index (χ4n) is 2.82. The first-order chi connectivity index (χ1) is 10.3. The fraction of sp³-hybridized carbons (Fsp3) is 0.562. The molecule has 1 aliphatic heterocycles. The second kappa shape index (κ2) is 7.13. The van der Waals surface area contributed by atoms with Crippen LogP contribution in [0.15, 0.2) is 28.7 Å². The van der Waals surface area contributed by atoms with Gasteiger partial charge >= 0.3 is 0 Å². The second-order valence-corrected chi connectivity index (χ2v) is 9.37. The molecule has 0 N–H and O–H groups in total. The third kappa shape index (κ3) is 4.10. The molecule has 2 rings (SSSR count). The Kier molecular flexibility index (Phi) is 5.66. The number of benzene rings is 1. The monoisotopic (exact) mass is 387 g/mol. The van der Waals surface area contributed by atoms with E-state index in [1.807, 2.05) is 32.0 Å². The van der Waals surface area contributed by atoms with Crippen LogP contribution in [0.5, 0.6) is 0 Å². The van der Waals surface area contributed by atoms with Gasteiger partial charge in [-0.2, -0.15) is 0 Å². The molecule has 1 saturated heterocycles. The lowest BCUT2D eigenvalue weighted by Crippen LogP contribution is -2.43. The van der Waals surface area contributed by atoms with Crippen molar-refractivity contribution in [2.45, 2.75) is 31.9 Å². The second-order valence-electron chi connectivity index (χ2n) is 6.19. The number of rotatable bonds is 4. The summed E-state index contributed by atoms with van der Waals surface area (Å²) in [4.78, 5) is 14.3. The van der Waals surface area contributed by atoms with Gasteiger partial charge in [0.1, 0.15) is 0 Å². The number of nitrogens with zero attached hydrogens (tertiary/aromatic N) is 1. The van der Waals surface area contributed by atoms with E-state index in [9.17, 15) is 13.2 Å². The van der Waals surface area contributed by atoms with Gasteiger partial charge in [0.25, 0.3) is 5.91 Å². The molecule has 1 fully saturated rings. The summed E-state index contributed by atoms with van der Waals surface area (Å²) in [6, 6.07) is 7.32. The van der Waals surface area contributed by atoms with Crippen LogP contribution < -0.4 is 0 Å². The molecule has 0 radical (unpaired) electrons. The Morgan fingerprint density at radius 2 is 1.86 bits per heavy atom. The molecule has 0 aromatic heterocycles. The first-order valence-electron chi connectivity index (χ1n) is 7.56. The van der Waals surface area contributed by atoms with Crippen LogP contribution in [0.4, 0.5) is 0 Å². The molecule has 0 aliphatic carbocycles. The first kappa shape index (κ1) is 17.5. The third-order valence-electron chi connectivity index (χ3n) is 3.91. The van der Waals surface area contributed by atoms with Crippen molar-refractivity contribution in [3.63, 3.8) is 0 Å². The highest BCUT2D eigenvalue weighted by Gasteiger charge is 2.32. The Bertz CT molecular complexity index is 635. The van der Waals surface area contributed by atoms with Crippen LogP contribution in [0.1, 0.15) is 37.0 Å². The summed E-state index contributed by atoms with van der Waals surface area (Å²) in [7, 11) is -3.05. The van der Waals surface area contributed by atoms with Crippen molar-refractivity contribution in [3.8, 4) is 0 Å². The van der Waals surface area contributed by atoms with Gasteiger partial charge in [-0.1, -0.05) is 26.0 Å². The summed E-state index contributed by atoms with van der Waals surface area (Å²) in [5, 5.41) is -0.307. The van der Waals surface area contributed by atoms with Crippen molar-refractivity contribution < 1.29 is 13.2 Å². The van der Waals surface area contributed by atoms with Crippen LogP contribution in [0.3, 0.4) is 0 Å². The quantitative estimate of drug-likeness (QED) is 0.797. The minimum Gasteiger partial charge on any atom is -0.339 e. The number of hydrogen-bond donors (Lipinski definition) is 0. The minimum absolute atomic E-state index is 0.0350. The molecular formula is C16H22BrNO3S. The van der Waals surface area contributed by atoms with Crippen molar-refractivity contribution in [2.75, 3.05) is 18.8 Å². The topological polar surface area (TPSA) is 54.5 Å². The van der Waals surface area contributed by atoms with Crippen molar-refractivity contribution in [2.24, 2.45) is 5.92 Å². The van der Waals surface area contributed by atoms with Gasteiger partial charge in [-0.3, -0.25) is 4.79 Å². The zero-order valence-corrected chi connectivity index (χ0v) is 15.4. The van der Waals surface area contributed by atoms with E-state index < -0.39 is 9.84 Å². The lowest BCUT2D eigenvalue weighted by Gasteiger charge is -2.32. The van der Waals surface area contributed by atoms with Gasteiger partial charge in [-0.25, -0.2) is 8.42 Å². The summed E-state index contributed by atoms with van der Waals surface area (Å²) in [5.74, 6) is 0.340. The Hall–Kier alpha value is -0.880. The summed E-state index contributed by atoms with van der Waals surface area (Å²) >= 11 is 3.39. The van der Waals surface area contributed by atoms with Crippen LogP contribution in [0.25, 0.3) is 0 Å². The molecule has 0 spiro atoms. The van der Waals surface area contributed by atoms with Crippen molar-refractivity contribution in [1.29, 1.82) is 0 Å². The highest BCUT2D eigenvalue weighted by molar-refractivity contribution is 9.10. The van der Waals surface area contributed by atoms with Crippen LogP contribution in [-0.2, 0) is 9.84 Å². The highest BCUT2D eigenvalue weighted by Crippen LogP contribution is 2.24. The lowest BCUT2D eigenvalue weighted by atomic mass is 10.1. The predicted molar refractivity (Wildman–Crippen MR) is 91.7 cm³/mol. The van der Waals surface area contributed by atoms with E-state index >= 15 is 0 Å². The van der Waals surface area contributed by atoms with E-state index in [0.717, 1.165) is 4.47 Å². The molecule has 1 aliphatic rings. The lowest BCUT2D eigenvalue weighted by molar-refractivity contribution is 0.0724. The maximum absolute atomic E-state index is 12.5. The SMILES string of the molecule is CC(C)CS(=O)(=O)C1CCN(C(=O)c2ccccc2Br)CC1. The van der Waals surface area contributed by atoms with Gasteiger partial charge in [-0.05, 0) is 46.8 Å². The number of amides is 1. The zero-order valence-electron chi connectivity index (χ0n) is 13.0. The maximum atomic E-state index is 12.5. The number of piperidine rings is 1. The van der Waals surface area contributed by atoms with Gasteiger partial charge in [0.2, 0.25) is 0 Å². The van der Waals surface area contributed by atoms with Crippen LogP contribution >= 0.6 is 15.9 Å². The Balaban J connectivity index is 2.01. The smallest absolute Gasteiger partial charge is 0.254 e. The van der Waals surface area contributed by atoms with Gasteiger partial charge < -0.3 is 4.90 Å². The van der Waals surface area contributed by atoms with Crippen LogP contribution in [0.2, 0.25) is 0 Å². The van der Waals surface area contributed by atoms with Gasteiger partial charge in [0.15, 0.2) is 9.84 Å². The molecule has 6 heteroatoms. The first-order valence-corrected chi connectivity index (χ1v) is 10.1. The predicted octanol–water partition coefficient (Wildman–Crippen LogP) is 3.12. The van der Waals surface area contributed by atoms with Crippen molar-refractivity contribution >= 4 is 31.7 Å². The third-order valence-corrected chi connectivity index (χ3v) is 7.22. The number of sulfone groups is 1. The summed E-state index contributed by atoms with van der Waals surface area (Å²) in [6.07, 6.45) is 1.07. The molecule has 0 atom stereocenters. The molecule has 0 bridgehead atoms. The molecule has 1 aromatic rings. The molecule has 0 unspecified atom stereocenters. The van der Waals surface area contributed by atoms with Gasteiger partial charge in [-0.15, -0.1) is 0 Å². The molecule has 1 amide bonds. The largest absolute Gasteiger partial charge is 0.339 e. The number of hydrogen-bond acceptors (Lipinski definition) is 3. The van der Waals surface area contributed by atoms with E-state index in [4.69, 9.17) is 0 Å². The summed E-state index contributed by atoms with van der Waals surface area (Å²) < 4.78 is 25.3. The fourth-order valence-corrected chi connectivity index (χ4v) is 5.41. The molecule has 1 aromatic carbocycles. The highest BCUT2D eigenvalue weighted by atomic mass is 79.9. The Morgan fingerprint density at radius 1 is 1.27 bits per heavy atom. The van der Waals surface area contributed by atoms with E-state index in [-0.39, 0.29) is 22.8 Å². The van der Waals surface area contributed by atoms with E-state index in [2.05, 4.69) is 15.9 Å². The van der Waals surface area contributed by atoms with Crippen molar-refractivity contribution in [3.05, 3.63) is 34.3 Å². The van der Waals surface area contributed by atoms with Crippen molar-refractivity contribution in [1.82, 2.24) is 4.90 Å². The van der Waals surface area contributed by atoms with E-state index in [1.165, 1.54) is 0 Å². The van der Waals surface area contributed by atoms with Crippen LogP contribution in [-0.4, -0.2) is 43.3 Å². The molecule has 1 heterocycles. The number of carbonyl (C=O) groups is 1. The maximum Gasteiger partial charge on any atom is 0.254 e. The molecule has 122 valence electrons. The Labute approximate surface area is 140 Å². The number of likely N-dealkylation sites (tertiary alicyclic amines) is 1. The average Bonchev–Trinajstić information content (AvgIpc) is 2.46. The molecule has 22 heavy (non-hydrogen) atoms. The van der Waals surface area contributed by atoms with E-state index in [1.54, 1.807) is 11.0 Å². The molecule has 0 saturated carbocycles. The van der Waals surface area contributed by atoms with Gasteiger partial charge in [0.05, 0.1) is 16.6 Å². The number of halogens is 1. The Morgan fingerprint density at radius 3 is 2.41 bits per heavy atom. The zero-order chi connectivity index (χ0) is 16.3. The average molecular weight is 388 g/mol. The normalized spacial score (nSPS) is 17.0. The summed E-state index contributed by atoms with van der Waals surface area (Å²) in [6.45, 7) is 4.84. The molecule has 4 nitrogen and oxygen atoms in total.